The predicted molar refractivity (Wildman–Crippen MR) is 96.4 cm³/mol. The normalized spacial score (nSPS) is 16.2. The average molecular weight is 343 g/mol. The van der Waals surface area contributed by atoms with Crippen LogP contribution < -0.4 is 0 Å². The van der Waals surface area contributed by atoms with Crippen LogP contribution in [0.3, 0.4) is 0 Å². The number of nitro benzene ring substituents is 1. The molecular formula is C18H25N5O2. The summed E-state index contributed by atoms with van der Waals surface area (Å²) in [6, 6.07) is 6.95. The van der Waals surface area contributed by atoms with E-state index in [-0.39, 0.29) is 10.6 Å². The Labute approximate surface area is 148 Å². The Hall–Kier alpha value is -2.25. The first-order chi connectivity index (χ1) is 12.2. The third-order valence-corrected chi connectivity index (χ3v) is 4.77. The third-order valence-electron chi connectivity index (χ3n) is 4.77. The van der Waals surface area contributed by atoms with Crippen LogP contribution in [0.4, 0.5) is 5.69 Å². The van der Waals surface area contributed by atoms with E-state index >= 15 is 0 Å². The molecule has 0 amide bonds. The Bertz CT molecular complexity index is 707. The number of rotatable bonds is 7. The van der Waals surface area contributed by atoms with Gasteiger partial charge in [-0.25, -0.2) is 4.98 Å². The molecule has 0 unspecified atom stereocenters. The molecule has 7 heteroatoms. The van der Waals surface area contributed by atoms with Gasteiger partial charge in [-0.1, -0.05) is 19.1 Å². The molecular weight excluding hydrogens is 318 g/mol. The lowest BCUT2D eigenvalue weighted by atomic mass is 10.1. The van der Waals surface area contributed by atoms with Gasteiger partial charge in [-0.05, 0) is 5.56 Å². The minimum Gasteiger partial charge on any atom is -0.334 e. The smallest absolute Gasteiger partial charge is 0.269 e. The number of nitrogens with zero attached hydrogens (tertiary/aromatic N) is 5. The number of non-ortho nitro benzene ring substituents is 1. The number of imidazole rings is 1. The van der Waals surface area contributed by atoms with Crippen molar-refractivity contribution in [1.82, 2.24) is 19.4 Å². The molecule has 0 spiro atoms. The first kappa shape index (κ1) is 17.6. The van der Waals surface area contributed by atoms with Crippen molar-refractivity contribution in [2.45, 2.75) is 26.4 Å². The molecule has 1 aromatic carbocycles. The van der Waals surface area contributed by atoms with Crippen molar-refractivity contribution in [1.29, 1.82) is 0 Å². The van der Waals surface area contributed by atoms with Crippen LogP contribution >= 0.6 is 0 Å². The maximum atomic E-state index is 10.9. The molecule has 1 aromatic heterocycles. The minimum absolute atomic E-state index is 0.170. The van der Waals surface area contributed by atoms with E-state index in [9.17, 15) is 10.1 Å². The molecule has 134 valence electrons. The van der Waals surface area contributed by atoms with E-state index in [1.165, 1.54) is 0 Å². The van der Waals surface area contributed by atoms with E-state index in [4.69, 9.17) is 0 Å². The molecule has 7 nitrogen and oxygen atoms in total. The molecule has 1 fully saturated rings. The lowest BCUT2D eigenvalue weighted by molar-refractivity contribution is -0.384. The highest BCUT2D eigenvalue weighted by Gasteiger charge is 2.17. The topological polar surface area (TPSA) is 67.4 Å². The first-order valence-corrected chi connectivity index (χ1v) is 8.83. The van der Waals surface area contributed by atoms with E-state index in [0.29, 0.717) is 0 Å². The zero-order valence-corrected chi connectivity index (χ0v) is 14.7. The lowest BCUT2D eigenvalue weighted by Gasteiger charge is -2.34. The van der Waals surface area contributed by atoms with Crippen molar-refractivity contribution < 1.29 is 4.92 Å². The summed E-state index contributed by atoms with van der Waals surface area (Å²) < 4.78 is 2.23. The summed E-state index contributed by atoms with van der Waals surface area (Å²) >= 11 is 0. The molecule has 0 atom stereocenters. The molecule has 0 N–H and O–H groups in total. The maximum Gasteiger partial charge on any atom is 0.269 e. The fraction of sp³-hybridized carbons (Fsp3) is 0.500. The highest BCUT2D eigenvalue weighted by atomic mass is 16.6. The summed E-state index contributed by atoms with van der Waals surface area (Å²) in [4.78, 5) is 19.8. The predicted octanol–water partition coefficient (Wildman–Crippen LogP) is 2.17. The number of benzene rings is 1. The monoisotopic (exact) mass is 343 g/mol. The molecule has 1 aliphatic heterocycles. The van der Waals surface area contributed by atoms with Crippen molar-refractivity contribution in [2.75, 3.05) is 32.7 Å². The molecule has 25 heavy (non-hydrogen) atoms. The Morgan fingerprint density at radius 2 is 1.92 bits per heavy atom. The molecule has 2 aromatic rings. The quantitative estimate of drug-likeness (QED) is 0.569. The largest absolute Gasteiger partial charge is 0.334 e. The van der Waals surface area contributed by atoms with Gasteiger partial charge in [0, 0.05) is 76.8 Å². The second kappa shape index (κ2) is 8.22. The summed E-state index contributed by atoms with van der Waals surface area (Å²) in [7, 11) is 0. The van der Waals surface area contributed by atoms with E-state index in [2.05, 4.69) is 32.5 Å². The highest BCUT2D eigenvalue weighted by molar-refractivity contribution is 5.34. The molecule has 0 saturated carbocycles. The zero-order chi connectivity index (χ0) is 17.6. The summed E-state index contributed by atoms with van der Waals surface area (Å²) in [5, 5.41) is 10.9. The van der Waals surface area contributed by atoms with Gasteiger partial charge < -0.3 is 4.57 Å². The van der Waals surface area contributed by atoms with Crippen molar-refractivity contribution in [2.24, 2.45) is 0 Å². The van der Waals surface area contributed by atoms with Gasteiger partial charge in [-0.3, -0.25) is 19.9 Å². The van der Waals surface area contributed by atoms with Crippen LogP contribution in [0.15, 0.2) is 36.7 Å². The second-order valence-corrected chi connectivity index (χ2v) is 6.44. The number of nitro groups is 1. The van der Waals surface area contributed by atoms with Gasteiger partial charge in [0.05, 0.1) is 4.92 Å². The lowest BCUT2D eigenvalue weighted by Crippen LogP contribution is -2.46. The van der Waals surface area contributed by atoms with Crippen LogP contribution in [0.25, 0.3) is 0 Å². The molecule has 0 radical (unpaired) electrons. The van der Waals surface area contributed by atoms with E-state index < -0.39 is 0 Å². The minimum atomic E-state index is -0.331. The van der Waals surface area contributed by atoms with E-state index in [1.54, 1.807) is 18.2 Å². The van der Waals surface area contributed by atoms with Gasteiger partial charge in [0.2, 0.25) is 0 Å². The molecule has 2 heterocycles. The highest BCUT2D eigenvalue weighted by Crippen LogP contribution is 2.15. The summed E-state index contributed by atoms with van der Waals surface area (Å²) in [5.41, 5.74) is 1.18. The number of aryl methyl sites for hydroxylation is 1. The van der Waals surface area contributed by atoms with Crippen molar-refractivity contribution >= 4 is 5.69 Å². The third kappa shape index (κ3) is 4.64. The van der Waals surface area contributed by atoms with Gasteiger partial charge in [-0.2, -0.15) is 0 Å². The van der Waals surface area contributed by atoms with Gasteiger partial charge in [-0.15, -0.1) is 0 Å². The zero-order valence-electron chi connectivity index (χ0n) is 14.7. The Morgan fingerprint density at radius 3 is 2.64 bits per heavy atom. The van der Waals surface area contributed by atoms with Gasteiger partial charge in [0.1, 0.15) is 5.82 Å². The van der Waals surface area contributed by atoms with Crippen LogP contribution in [0.5, 0.6) is 0 Å². The molecule has 0 aliphatic carbocycles. The maximum absolute atomic E-state index is 10.9. The van der Waals surface area contributed by atoms with Crippen LogP contribution in [-0.4, -0.2) is 57.0 Å². The second-order valence-electron chi connectivity index (χ2n) is 6.44. The van der Waals surface area contributed by atoms with Crippen LogP contribution in [0.2, 0.25) is 0 Å². The van der Waals surface area contributed by atoms with Crippen molar-refractivity contribution in [3.05, 3.63) is 58.2 Å². The van der Waals surface area contributed by atoms with Gasteiger partial charge >= 0.3 is 0 Å². The van der Waals surface area contributed by atoms with Crippen LogP contribution in [0, 0.1) is 10.1 Å². The van der Waals surface area contributed by atoms with Gasteiger partial charge in [0.15, 0.2) is 0 Å². The molecule has 0 bridgehead atoms. The fourth-order valence-corrected chi connectivity index (χ4v) is 3.30. The van der Waals surface area contributed by atoms with Crippen LogP contribution in [-0.2, 0) is 19.5 Å². The fourth-order valence-electron chi connectivity index (χ4n) is 3.30. The Morgan fingerprint density at radius 1 is 1.16 bits per heavy atom. The number of piperazine rings is 1. The van der Waals surface area contributed by atoms with Gasteiger partial charge in [0.25, 0.3) is 5.69 Å². The van der Waals surface area contributed by atoms with Crippen molar-refractivity contribution in [3.8, 4) is 0 Å². The molecule has 1 aliphatic rings. The standard InChI is InChI=1S/C18H25N5O2/c1-2-18-19-6-7-22(18)13-12-20-8-10-21(11-9-20)15-16-4-3-5-17(14-16)23(24)25/h3-7,14H,2,8-13,15H2,1H3. The number of hydrogen-bond donors (Lipinski definition) is 0. The molecule has 3 rings (SSSR count). The SMILES string of the molecule is CCc1nccn1CCN1CCN(Cc2cccc([N+](=O)[O-])c2)CC1. The Balaban J connectivity index is 1.45. The number of aromatic nitrogens is 2. The first-order valence-electron chi connectivity index (χ1n) is 8.83. The summed E-state index contributed by atoms with van der Waals surface area (Å²) in [6.07, 6.45) is 4.89. The summed E-state index contributed by atoms with van der Waals surface area (Å²) in [6.45, 7) is 8.97. The summed E-state index contributed by atoms with van der Waals surface area (Å²) in [5.74, 6) is 1.14. The van der Waals surface area contributed by atoms with E-state index in [0.717, 1.165) is 63.6 Å². The molecule has 1 saturated heterocycles. The van der Waals surface area contributed by atoms with Crippen LogP contribution in [0.1, 0.15) is 18.3 Å². The average Bonchev–Trinajstić information content (AvgIpc) is 3.09. The Kier molecular flexibility index (Phi) is 5.78. The van der Waals surface area contributed by atoms with Crippen molar-refractivity contribution in [3.63, 3.8) is 0 Å². The van der Waals surface area contributed by atoms with E-state index in [1.807, 2.05) is 12.3 Å². The number of hydrogen-bond acceptors (Lipinski definition) is 5.